The number of nitrogens with zero attached hydrogens (tertiary/aromatic N) is 1. The van der Waals surface area contributed by atoms with Gasteiger partial charge in [-0.3, -0.25) is 0 Å². The zero-order chi connectivity index (χ0) is 19.0. The molecule has 1 amide bonds. The van der Waals surface area contributed by atoms with E-state index in [1.807, 2.05) is 25.7 Å². The van der Waals surface area contributed by atoms with Crippen LogP contribution >= 0.6 is 0 Å². The Kier molecular flexibility index (Phi) is 8.60. The van der Waals surface area contributed by atoms with E-state index in [4.69, 9.17) is 18.9 Å². The van der Waals surface area contributed by atoms with Gasteiger partial charge in [0, 0.05) is 26.3 Å². The van der Waals surface area contributed by atoms with Gasteiger partial charge in [-0.2, -0.15) is 0 Å². The molecule has 0 spiro atoms. The summed E-state index contributed by atoms with van der Waals surface area (Å²) in [5, 5.41) is 3.61. The van der Waals surface area contributed by atoms with Gasteiger partial charge in [0.15, 0.2) is 0 Å². The maximum Gasteiger partial charge on any atom is 0.410 e. The smallest absolute Gasteiger partial charge is 0.410 e. The number of carbonyl (C=O) groups excluding carboxylic acids is 1. The first-order valence-electron chi connectivity index (χ1n) is 9.80. The number of ether oxygens (including phenoxy) is 4. The van der Waals surface area contributed by atoms with Crippen LogP contribution in [0, 0.1) is 5.92 Å². The van der Waals surface area contributed by atoms with Crippen molar-refractivity contribution in [2.45, 2.75) is 57.7 Å². The lowest BCUT2D eigenvalue weighted by molar-refractivity contribution is 0.0184. The van der Waals surface area contributed by atoms with Crippen molar-refractivity contribution in [2.24, 2.45) is 5.92 Å². The summed E-state index contributed by atoms with van der Waals surface area (Å²) in [4.78, 5) is 14.5. The van der Waals surface area contributed by atoms with Crippen molar-refractivity contribution in [3.05, 3.63) is 0 Å². The molecule has 0 radical (unpaired) electrons. The van der Waals surface area contributed by atoms with Gasteiger partial charge in [-0.05, 0) is 52.5 Å². The first kappa shape index (κ1) is 21.4. The summed E-state index contributed by atoms with van der Waals surface area (Å²) < 4.78 is 21.6. The number of carbonyl (C=O) groups is 1. The fraction of sp³-hybridized carbons (Fsp3) is 0.947. The van der Waals surface area contributed by atoms with Gasteiger partial charge >= 0.3 is 6.09 Å². The molecule has 2 aliphatic heterocycles. The van der Waals surface area contributed by atoms with E-state index in [1.54, 1.807) is 7.11 Å². The van der Waals surface area contributed by atoms with Gasteiger partial charge in [-0.15, -0.1) is 0 Å². The highest BCUT2D eigenvalue weighted by Gasteiger charge is 2.45. The minimum Gasteiger partial charge on any atom is -0.444 e. The van der Waals surface area contributed by atoms with Crippen LogP contribution in [-0.4, -0.2) is 81.9 Å². The quantitative estimate of drug-likeness (QED) is 0.625. The van der Waals surface area contributed by atoms with Crippen molar-refractivity contribution < 1.29 is 23.7 Å². The Hall–Kier alpha value is -0.890. The zero-order valence-electron chi connectivity index (χ0n) is 16.8. The molecular formula is C19H36N2O5. The highest BCUT2D eigenvalue weighted by molar-refractivity contribution is 5.69. The molecule has 3 atom stereocenters. The molecule has 0 aromatic carbocycles. The van der Waals surface area contributed by atoms with Crippen molar-refractivity contribution >= 4 is 6.09 Å². The van der Waals surface area contributed by atoms with Crippen LogP contribution in [-0.2, 0) is 18.9 Å². The molecule has 0 aromatic heterocycles. The standard InChI is InChI=1S/C19H36N2O5/c1-19(2,3)26-18(22)21-14-15(17-16(21)6-5-8-20-17)7-9-24-12-13-25-11-10-23-4/h15-17,20H,5-14H2,1-4H3. The number of amides is 1. The highest BCUT2D eigenvalue weighted by Crippen LogP contribution is 2.32. The molecule has 0 aliphatic carbocycles. The molecule has 2 fully saturated rings. The van der Waals surface area contributed by atoms with Gasteiger partial charge in [-0.1, -0.05) is 0 Å². The van der Waals surface area contributed by atoms with Gasteiger partial charge in [0.2, 0.25) is 0 Å². The molecule has 0 bridgehead atoms. The minimum atomic E-state index is -0.460. The number of fused-ring (bicyclic) bond motifs is 1. The number of likely N-dealkylation sites (tertiary alicyclic amines) is 1. The number of hydrogen-bond acceptors (Lipinski definition) is 6. The molecule has 3 unspecified atom stereocenters. The molecular weight excluding hydrogens is 336 g/mol. The van der Waals surface area contributed by atoms with Gasteiger partial charge in [0.25, 0.3) is 0 Å². The van der Waals surface area contributed by atoms with E-state index in [-0.39, 0.29) is 12.1 Å². The first-order valence-corrected chi connectivity index (χ1v) is 9.80. The minimum absolute atomic E-state index is 0.189. The monoisotopic (exact) mass is 372 g/mol. The van der Waals surface area contributed by atoms with Gasteiger partial charge in [0.05, 0.1) is 32.5 Å². The van der Waals surface area contributed by atoms with Crippen molar-refractivity contribution in [2.75, 3.05) is 53.2 Å². The third-order valence-electron chi connectivity index (χ3n) is 4.88. The largest absolute Gasteiger partial charge is 0.444 e. The lowest BCUT2D eigenvalue weighted by atomic mass is 9.91. The lowest BCUT2D eigenvalue weighted by Crippen LogP contribution is -2.50. The summed E-state index contributed by atoms with van der Waals surface area (Å²) in [6, 6.07) is 0.582. The van der Waals surface area contributed by atoms with E-state index in [1.165, 1.54) is 0 Å². The molecule has 0 aromatic rings. The second-order valence-electron chi connectivity index (χ2n) is 8.09. The third-order valence-corrected chi connectivity index (χ3v) is 4.88. The third kappa shape index (κ3) is 6.68. The number of rotatable bonds is 9. The Labute approximate surface area is 157 Å². The predicted octanol–water partition coefficient (Wildman–Crippen LogP) is 2.04. The van der Waals surface area contributed by atoms with Gasteiger partial charge in [-0.25, -0.2) is 4.79 Å². The van der Waals surface area contributed by atoms with Crippen LogP contribution in [0.15, 0.2) is 0 Å². The van der Waals surface area contributed by atoms with Crippen molar-refractivity contribution in [1.29, 1.82) is 0 Å². The van der Waals surface area contributed by atoms with E-state index in [2.05, 4.69) is 5.32 Å². The summed E-state index contributed by atoms with van der Waals surface area (Å²) in [5.74, 6) is 0.405. The van der Waals surface area contributed by atoms with Crippen molar-refractivity contribution in [3.8, 4) is 0 Å². The van der Waals surface area contributed by atoms with Crippen molar-refractivity contribution in [3.63, 3.8) is 0 Å². The summed E-state index contributed by atoms with van der Waals surface area (Å²) in [5.41, 5.74) is -0.460. The Morgan fingerprint density at radius 2 is 1.81 bits per heavy atom. The molecule has 2 rings (SSSR count). The number of hydrogen-bond donors (Lipinski definition) is 1. The van der Waals surface area contributed by atoms with Crippen LogP contribution in [0.2, 0.25) is 0 Å². The lowest BCUT2D eigenvalue weighted by Gasteiger charge is -2.34. The van der Waals surface area contributed by atoms with Crippen molar-refractivity contribution in [1.82, 2.24) is 10.2 Å². The number of piperidine rings is 1. The zero-order valence-corrected chi connectivity index (χ0v) is 16.8. The second-order valence-corrected chi connectivity index (χ2v) is 8.09. The Balaban J connectivity index is 1.75. The molecule has 2 saturated heterocycles. The normalized spacial score (nSPS) is 26.0. The molecule has 1 N–H and O–H groups in total. The molecule has 2 aliphatic rings. The molecule has 2 heterocycles. The fourth-order valence-electron chi connectivity index (χ4n) is 3.73. The Morgan fingerprint density at radius 3 is 2.50 bits per heavy atom. The van der Waals surface area contributed by atoms with Crippen LogP contribution in [0.4, 0.5) is 4.79 Å². The molecule has 0 saturated carbocycles. The summed E-state index contributed by atoms with van der Waals surface area (Å²) in [6.45, 7) is 10.6. The average molecular weight is 373 g/mol. The van der Waals surface area contributed by atoms with E-state index in [0.717, 1.165) is 32.4 Å². The van der Waals surface area contributed by atoms with Crippen LogP contribution in [0.1, 0.15) is 40.0 Å². The molecule has 7 heteroatoms. The van der Waals surface area contributed by atoms with E-state index < -0.39 is 5.60 Å². The molecule has 152 valence electrons. The SMILES string of the molecule is COCCOCCOCCC1CN(C(=O)OC(C)(C)C)C2CCCNC12. The maximum atomic E-state index is 12.6. The fourth-order valence-corrected chi connectivity index (χ4v) is 3.73. The van der Waals surface area contributed by atoms with E-state index in [0.29, 0.717) is 45.0 Å². The van der Waals surface area contributed by atoms with Gasteiger partial charge < -0.3 is 29.2 Å². The first-order chi connectivity index (χ1) is 12.4. The van der Waals surface area contributed by atoms with E-state index in [9.17, 15) is 4.79 Å². The topological polar surface area (TPSA) is 69.3 Å². The summed E-state index contributed by atoms with van der Waals surface area (Å²) in [7, 11) is 1.66. The van der Waals surface area contributed by atoms with Crippen LogP contribution in [0.25, 0.3) is 0 Å². The van der Waals surface area contributed by atoms with Crippen LogP contribution in [0.3, 0.4) is 0 Å². The molecule has 7 nitrogen and oxygen atoms in total. The Bertz CT molecular complexity index is 427. The second kappa shape index (κ2) is 10.4. The maximum absolute atomic E-state index is 12.6. The summed E-state index contributed by atoms with van der Waals surface area (Å²) >= 11 is 0. The summed E-state index contributed by atoms with van der Waals surface area (Å²) in [6.07, 6.45) is 2.89. The predicted molar refractivity (Wildman–Crippen MR) is 99.4 cm³/mol. The highest BCUT2D eigenvalue weighted by atomic mass is 16.6. The van der Waals surface area contributed by atoms with Gasteiger partial charge in [0.1, 0.15) is 5.60 Å². The number of nitrogens with one attached hydrogen (secondary N) is 1. The van der Waals surface area contributed by atoms with Crippen LogP contribution < -0.4 is 5.32 Å². The molecule has 26 heavy (non-hydrogen) atoms. The van der Waals surface area contributed by atoms with E-state index >= 15 is 0 Å². The Morgan fingerprint density at radius 1 is 1.12 bits per heavy atom. The van der Waals surface area contributed by atoms with Crippen LogP contribution in [0.5, 0.6) is 0 Å². The average Bonchev–Trinajstić information content (AvgIpc) is 2.95. The number of methoxy groups -OCH3 is 1.